The van der Waals surface area contributed by atoms with E-state index >= 15 is 0 Å². The van der Waals surface area contributed by atoms with Crippen molar-refractivity contribution in [3.63, 3.8) is 0 Å². The summed E-state index contributed by atoms with van der Waals surface area (Å²) in [5, 5.41) is 15.7. The normalized spacial score (nSPS) is 19.9. The van der Waals surface area contributed by atoms with Gasteiger partial charge in [-0.3, -0.25) is 4.79 Å². The maximum absolute atomic E-state index is 13.1. The Morgan fingerprint density at radius 2 is 1.91 bits per heavy atom. The average Bonchev–Trinajstić information content (AvgIpc) is 3.56. The Bertz CT molecular complexity index is 1180. The van der Waals surface area contributed by atoms with Gasteiger partial charge in [0.1, 0.15) is 12.1 Å². The second-order valence-electron chi connectivity index (χ2n) is 9.27. The van der Waals surface area contributed by atoms with E-state index in [0.717, 1.165) is 61.7 Å². The van der Waals surface area contributed by atoms with Crippen LogP contribution in [-0.4, -0.2) is 65.4 Å². The van der Waals surface area contributed by atoms with E-state index in [2.05, 4.69) is 37.6 Å². The van der Waals surface area contributed by atoms with Crippen molar-refractivity contribution in [3.05, 3.63) is 42.2 Å². The lowest BCUT2D eigenvalue weighted by atomic mass is 9.74. The SMILES string of the molecule is O=C(NCC1(c2ccc3c(c2)OCO3)CCOCC1)C1CCN(c2ccc3nncn3n2)CC1. The summed E-state index contributed by atoms with van der Waals surface area (Å²) in [5.41, 5.74) is 1.74. The van der Waals surface area contributed by atoms with E-state index < -0.39 is 0 Å². The Labute approximate surface area is 197 Å². The molecular weight excluding hydrogens is 436 g/mol. The van der Waals surface area contributed by atoms with Crippen LogP contribution in [0.5, 0.6) is 11.5 Å². The van der Waals surface area contributed by atoms with Gasteiger partial charge in [-0.25, -0.2) is 0 Å². The summed E-state index contributed by atoms with van der Waals surface area (Å²) in [6.07, 6.45) is 4.93. The van der Waals surface area contributed by atoms with Crippen LogP contribution < -0.4 is 19.7 Å². The number of fused-ring (bicyclic) bond motifs is 2. The van der Waals surface area contributed by atoms with Gasteiger partial charge in [-0.2, -0.15) is 4.52 Å². The largest absolute Gasteiger partial charge is 0.454 e. The fourth-order valence-electron chi connectivity index (χ4n) is 5.21. The number of ether oxygens (including phenoxy) is 3. The molecule has 10 heteroatoms. The zero-order chi connectivity index (χ0) is 23.0. The lowest BCUT2D eigenvalue weighted by Crippen LogP contribution is -2.47. The fraction of sp³-hybridized carbons (Fsp3) is 0.500. The van der Waals surface area contributed by atoms with E-state index in [1.807, 2.05) is 18.2 Å². The van der Waals surface area contributed by atoms with Gasteiger partial charge in [-0.15, -0.1) is 15.3 Å². The van der Waals surface area contributed by atoms with Crippen LogP contribution in [0.4, 0.5) is 5.82 Å². The molecule has 0 aliphatic carbocycles. The maximum atomic E-state index is 13.1. The summed E-state index contributed by atoms with van der Waals surface area (Å²) in [6, 6.07) is 10.0. The molecule has 10 nitrogen and oxygen atoms in total. The van der Waals surface area contributed by atoms with Crippen LogP contribution in [0.25, 0.3) is 5.65 Å². The molecule has 2 fully saturated rings. The second-order valence-corrected chi connectivity index (χ2v) is 9.27. The fourth-order valence-corrected chi connectivity index (χ4v) is 5.21. The Kier molecular flexibility index (Phi) is 5.44. The summed E-state index contributed by atoms with van der Waals surface area (Å²) in [4.78, 5) is 15.4. The molecule has 3 aliphatic rings. The molecule has 3 aromatic rings. The van der Waals surface area contributed by atoms with Crippen LogP contribution in [0, 0.1) is 5.92 Å². The third-order valence-electron chi connectivity index (χ3n) is 7.37. The summed E-state index contributed by atoms with van der Waals surface area (Å²) >= 11 is 0. The predicted octanol–water partition coefficient (Wildman–Crippen LogP) is 1.93. The molecule has 0 radical (unpaired) electrons. The van der Waals surface area contributed by atoms with Gasteiger partial charge < -0.3 is 24.4 Å². The van der Waals surface area contributed by atoms with Gasteiger partial charge in [0.2, 0.25) is 12.7 Å². The van der Waals surface area contributed by atoms with Gasteiger partial charge in [-0.1, -0.05) is 6.07 Å². The van der Waals surface area contributed by atoms with Crippen molar-refractivity contribution >= 4 is 17.4 Å². The number of hydrogen-bond donors (Lipinski definition) is 1. The van der Waals surface area contributed by atoms with Crippen LogP contribution in [0.2, 0.25) is 0 Å². The monoisotopic (exact) mass is 464 g/mol. The van der Waals surface area contributed by atoms with Crippen molar-refractivity contribution in [2.24, 2.45) is 5.92 Å². The number of piperidine rings is 1. The minimum atomic E-state index is -0.159. The first kappa shape index (κ1) is 21.2. The molecule has 2 aromatic heterocycles. The first-order valence-electron chi connectivity index (χ1n) is 11.9. The highest BCUT2D eigenvalue weighted by Gasteiger charge is 2.37. The molecule has 0 bridgehead atoms. The van der Waals surface area contributed by atoms with Crippen LogP contribution >= 0.6 is 0 Å². The summed E-state index contributed by atoms with van der Waals surface area (Å²) < 4.78 is 18.4. The molecule has 178 valence electrons. The Hall–Kier alpha value is -3.40. The van der Waals surface area contributed by atoms with Gasteiger partial charge in [-0.05, 0) is 55.5 Å². The van der Waals surface area contributed by atoms with E-state index in [1.165, 1.54) is 5.56 Å². The third kappa shape index (κ3) is 3.91. The standard InChI is InChI=1S/C24H28N6O4/c31-23(17-5-9-29(10-6-17)22-4-3-21-27-26-15-30(21)28-22)25-14-24(7-11-32-12-8-24)18-1-2-19-20(13-18)34-16-33-19/h1-4,13,15,17H,5-12,14,16H2,(H,25,31). The summed E-state index contributed by atoms with van der Waals surface area (Å²) in [7, 11) is 0. The first-order chi connectivity index (χ1) is 16.7. The molecule has 34 heavy (non-hydrogen) atoms. The molecule has 0 saturated carbocycles. The van der Waals surface area contributed by atoms with E-state index in [-0.39, 0.29) is 24.0 Å². The smallest absolute Gasteiger partial charge is 0.231 e. The minimum absolute atomic E-state index is 0.00328. The van der Waals surface area contributed by atoms with Crippen LogP contribution in [0.3, 0.4) is 0 Å². The van der Waals surface area contributed by atoms with Gasteiger partial charge in [0.05, 0.1) is 0 Å². The van der Waals surface area contributed by atoms with Crippen LogP contribution in [0.1, 0.15) is 31.2 Å². The number of hydrogen-bond acceptors (Lipinski definition) is 8. The van der Waals surface area contributed by atoms with Gasteiger partial charge in [0.25, 0.3) is 0 Å². The second kappa shape index (κ2) is 8.75. The number of aromatic nitrogens is 4. The van der Waals surface area contributed by atoms with E-state index in [9.17, 15) is 4.79 Å². The lowest BCUT2D eigenvalue weighted by Gasteiger charge is -2.39. The number of rotatable bonds is 5. The maximum Gasteiger partial charge on any atom is 0.231 e. The number of anilines is 1. The molecule has 1 aromatic carbocycles. The zero-order valence-corrected chi connectivity index (χ0v) is 19.0. The number of carbonyl (C=O) groups is 1. The molecule has 5 heterocycles. The Morgan fingerprint density at radius 3 is 2.76 bits per heavy atom. The van der Waals surface area contributed by atoms with E-state index in [1.54, 1.807) is 10.8 Å². The first-order valence-corrected chi connectivity index (χ1v) is 11.9. The highest BCUT2D eigenvalue weighted by atomic mass is 16.7. The van der Waals surface area contributed by atoms with Gasteiger partial charge in [0.15, 0.2) is 17.1 Å². The van der Waals surface area contributed by atoms with Crippen molar-refractivity contribution in [3.8, 4) is 11.5 Å². The highest BCUT2D eigenvalue weighted by Crippen LogP contribution is 2.40. The topological polar surface area (TPSA) is 103 Å². The van der Waals surface area contributed by atoms with E-state index in [4.69, 9.17) is 14.2 Å². The van der Waals surface area contributed by atoms with Crippen molar-refractivity contribution in [1.82, 2.24) is 25.1 Å². The molecular formula is C24H28N6O4. The number of nitrogens with zero attached hydrogens (tertiary/aromatic N) is 5. The van der Waals surface area contributed by atoms with Crippen molar-refractivity contribution in [1.29, 1.82) is 0 Å². The quantitative estimate of drug-likeness (QED) is 0.611. The number of nitrogens with one attached hydrogen (secondary N) is 1. The highest BCUT2D eigenvalue weighted by molar-refractivity contribution is 5.79. The third-order valence-corrected chi connectivity index (χ3v) is 7.37. The van der Waals surface area contributed by atoms with Gasteiger partial charge >= 0.3 is 0 Å². The van der Waals surface area contributed by atoms with Crippen LogP contribution in [-0.2, 0) is 14.9 Å². The van der Waals surface area contributed by atoms with Crippen molar-refractivity contribution in [2.75, 3.05) is 44.5 Å². The molecule has 2 saturated heterocycles. The van der Waals surface area contributed by atoms with Gasteiger partial charge in [0, 0.05) is 44.2 Å². The number of benzene rings is 1. The van der Waals surface area contributed by atoms with Crippen LogP contribution in [0.15, 0.2) is 36.7 Å². The number of amides is 1. The lowest BCUT2D eigenvalue weighted by molar-refractivity contribution is -0.126. The minimum Gasteiger partial charge on any atom is -0.454 e. The van der Waals surface area contributed by atoms with Crippen molar-refractivity contribution in [2.45, 2.75) is 31.1 Å². The predicted molar refractivity (Wildman–Crippen MR) is 123 cm³/mol. The molecule has 0 unspecified atom stereocenters. The molecule has 1 N–H and O–H groups in total. The number of carbonyl (C=O) groups excluding carboxylic acids is 1. The molecule has 1 amide bonds. The summed E-state index contributed by atoms with van der Waals surface area (Å²) in [5.74, 6) is 2.58. The van der Waals surface area contributed by atoms with E-state index in [0.29, 0.717) is 19.8 Å². The zero-order valence-electron chi connectivity index (χ0n) is 19.0. The summed E-state index contributed by atoms with van der Waals surface area (Å²) in [6.45, 7) is 3.81. The molecule has 0 spiro atoms. The molecule has 6 rings (SSSR count). The molecule has 0 atom stereocenters. The molecule has 3 aliphatic heterocycles. The average molecular weight is 465 g/mol. The Morgan fingerprint density at radius 1 is 1.09 bits per heavy atom. The Balaban J connectivity index is 1.09. The van der Waals surface area contributed by atoms with Crippen molar-refractivity contribution < 1.29 is 19.0 Å².